The number of aryl methyl sites for hydroxylation is 1. The number of rotatable bonds is 3. The van der Waals surface area contributed by atoms with Gasteiger partial charge in [-0.05, 0) is 39.7 Å². The first-order valence-electron chi connectivity index (χ1n) is 7.80. The highest BCUT2D eigenvalue weighted by Gasteiger charge is 2.30. The summed E-state index contributed by atoms with van der Waals surface area (Å²) in [5, 5.41) is 4.77. The Morgan fingerprint density at radius 1 is 1.45 bits per heavy atom. The summed E-state index contributed by atoms with van der Waals surface area (Å²) in [4.78, 5) is 8.91. The lowest BCUT2D eigenvalue weighted by Crippen LogP contribution is -2.47. The summed E-state index contributed by atoms with van der Waals surface area (Å²) in [7, 11) is 0. The second kappa shape index (κ2) is 6.00. The molecule has 1 aromatic rings. The Kier molecular flexibility index (Phi) is 4.29. The third-order valence-electron chi connectivity index (χ3n) is 4.25. The minimum absolute atomic E-state index is 0.302. The van der Waals surface area contributed by atoms with E-state index in [-0.39, 0.29) is 0 Å². The zero-order chi connectivity index (χ0) is 14.1. The summed E-state index contributed by atoms with van der Waals surface area (Å²) in [5.74, 6) is 0. The molecule has 3 rings (SSSR count). The van der Waals surface area contributed by atoms with Crippen LogP contribution in [0.4, 0.5) is 5.13 Å². The minimum Gasteiger partial charge on any atom is -0.375 e. The molecule has 0 saturated carbocycles. The van der Waals surface area contributed by atoms with Crippen LogP contribution in [0.25, 0.3) is 0 Å². The molecule has 1 N–H and O–H groups in total. The number of hydrogen-bond donors (Lipinski definition) is 1. The molecule has 2 aliphatic rings. The number of thiazole rings is 1. The summed E-state index contributed by atoms with van der Waals surface area (Å²) in [5.41, 5.74) is 1.31. The van der Waals surface area contributed by atoms with Crippen LogP contribution in [0.1, 0.15) is 50.2 Å². The van der Waals surface area contributed by atoms with Gasteiger partial charge in [0, 0.05) is 11.4 Å². The molecule has 0 spiro atoms. The van der Waals surface area contributed by atoms with Gasteiger partial charge in [-0.1, -0.05) is 6.92 Å². The van der Waals surface area contributed by atoms with Crippen molar-refractivity contribution < 1.29 is 4.74 Å². The van der Waals surface area contributed by atoms with E-state index in [0.717, 1.165) is 19.7 Å². The van der Waals surface area contributed by atoms with E-state index in [0.29, 0.717) is 18.2 Å². The van der Waals surface area contributed by atoms with Gasteiger partial charge in [0.15, 0.2) is 5.13 Å². The van der Waals surface area contributed by atoms with E-state index in [2.05, 4.69) is 31.0 Å². The molecule has 5 heteroatoms. The Morgan fingerprint density at radius 3 is 3.10 bits per heavy atom. The van der Waals surface area contributed by atoms with Crippen LogP contribution in [0.15, 0.2) is 0 Å². The fourth-order valence-corrected chi connectivity index (χ4v) is 4.42. The van der Waals surface area contributed by atoms with Crippen molar-refractivity contribution in [2.45, 2.75) is 58.2 Å². The Bertz CT molecular complexity index is 462. The van der Waals surface area contributed by atoms with E-state index in [9.17, 15) is 0 Å². The highest BCUT2D eigenvalue weighted by Crippen LogP contribution is 2.37. The summed E-state index contributed by atoms with van der Waals surface area (Å²) in [6.45, 7) is 9.33. The van der Waals surface area contributed by atoms with Gasteiger partial charge in [-0.15, -0.1) is 11.3 Å². The predicted octanol–water partition coefficient (Wildman–Crippen LogP) is 2.74. The SMILES string of the molecule is CCNC1CCCc2sc(N3CC(C)OCC3C)nc21. The van der Waals surface area contributed by atoms with Crippen LogP contribution in [-0.2, 0) is 11.2 Å². The lowest BCUT2D eigenvalue weighted by atomic mass is 9.98. The lowest BCUT2D eigenvalue weighted by molar-refractivity contribution is 0.0343. The normalized spacial score (nSPS) is 30.4. The maximum Gasteiger partial charge on any atom is 0.186 e. The Labute approximate surface area is 125 Å². The van der Waals surface area contributed by atoms with Crippen LogP contribution in [-0.4, -0.2) is 36.8 Å². The van der Waals surface area contributed by atoms with Crippen LogP contribution in [0.5, 0.6) is 0 Å². The first-order valence-corrected chi connectivity index (χ1v) is 8.62. The number of fused-ring (bicyclic) bond motifs is 1. The van der Waals surface area contributed by atoms with Crippen molar-refractivity contribution in [2.24, 2.45) is 0 Å². The molecule has 1 aromatic heterocycles. The summed E-state index contributed by atoms with van der Waals surface area (Å²) in [6.07, 6.45) is 4.00. The van der Waals surface area contributed by atoms with E-state index in [4.69, 9.17) is 9.72 Å². The number of ether oxygens (including phenoxy) is 1. The molecular weight excluding hydrogens is 270 g/mol. The quantitative estimate of drug-likeness (QED) is 0.930. The average Bonchev–Trinajstić information content (AvgIpc) is 2.87. The molecule has 4 nitrogen and oxygen atoms in total. The van der Waals surface area contributed by atoms with Gasteiger partial charge in [-0.25, -0.2) is 4.98 Å². The fraction of sp³-hybridized carbons (Fsp3) is 0.800. The van der Waals surface area contributed by atoms with Crippen LogP contribution in [0.2, 0.25) is 0 Å². The molecule has 0 radical (unpaired) electrons. The van der Waals surface area contributed by atoms with Crippen molar-refractivity contribution in [1.29, 1.82) is 0 Å². The summed E-state index contributed by atoms with van der Waals surface area (Å²) < 4.78 is 5.73. The topological polar surface area (TPSA) is 37.4 Å². The number of morpholine rings is 1. The lowest BCUT2D eigenvalue weighted by Gasteiger charge is -2.36. The molecule has 0 bridgehead atoms. The highest BCUT2D eigenvalue weighted by atomic mass is 32.1. The van der Waals surface area contributed by atoms with Crippen LogP contribution >= 0.6 is 11.3 Å². The first-order chi connectivity index (χ1) is 9.69. The maximum absolute atomic E-state index is 5.73. The molecule has 0 aromatic carbocycles. The molecule has 3 unspecified atom stereocenters. The molecule has 0 amide bonds. The third-order valence-corrected chi connectivity index (χ3v) is 5.42. The minimum atomic E-state index is 0.302. The smallest absolute Gasteiger partial charge is 0.186 e. The van der Waals surface area contributed by atoms with E-state index in [1.54, 1.807) is 0 Å². The van der Waals surface area contributed by atoms with Gasteiger partial charge in [-0.2, -0.15) is 0 Å². The van der Waals surface area contributed by atoms with Gasteiger partial charge in [-0.3, -0.25) is 0 Å². The van der Waals surface area contributed by atoms with Crippen molar-refractivity contribution in [3.63, 3.8) is 0 Å². The number of aromatic nitrogens is 1. The fourth-order valence-electron chi connectivity index (χ4n) is 3.14. The molecule has 2 heterocycles. The zero-order valence-corrected chi connectivity index (χ0v) is 13.5. The molecular formula is C15H25N3OS. The van der Waals surface area contributed by atoms with Crippen molar-refractivity contribution in [1.82, 2.24) is 10.3 Å². The summed E-state index contributed by atoms with van der Waals surface area (Å²) in [6, 6.07) is 0.888. The largest absolute Gasteiger partial charge is 0.375 e. The number of nitrogens with zero attached hydrogens (tertiary/aromatic N) is 2. The van der Waals surface area contributed by atoms with Crippen molar-refractivity contribution in [2.75, 3.05) is 24.6 Å². The summed E-state index contributed by atoms with van der Waals surface area (Å²) >= 11 is 1.90. The Balaban J connectivity index is 1.84. The second-order valence-electron chi connectivity index (χ2n) is 5.95. The van der Waals surface area contributed by atoms with Gasteiger partial charge in [0.1, 0.15) is 0 Å². The van der Waals surface area contributed by atoms with E-state index >= 15 is 0 Å². The van der Waals surface area contributed by atoms with Crippen molar-refractivity contribution >= 4 is 16.5 Å². The molecule has 1 saturated heterocycles. The molecule has 112 valence electrons. The second-order valence-corrected chi connectivity index (χ2v) is 7.01. The van der Waals surface area contributed by atoms with Gasteiger partial charge < -0.3 is 15.0 Å². The number of nitrogens with one attached hydrogen (secondary N) is 1. The van der Waals surface area contributed by atoms with Crippen LogP contribution in [0, 0.1) is 0 Å². The van der Waals surface area contributed by atoms with Crippen molar-refractivity contribution in [3.05, 3.63) is 10.6 Å². The monoisotopic (exact) mass is 295 g/mol. The molecule has 20 heavy (non-hydrogen) atoms. The Morgan fingerprint density at radius 2 is 2.30 bits per heavy atom. The van der Waals surface area contributed by atoms with Gasteiger partial charge in [0.2, 0.25) is 0 Å². The molecule has 1 aliphatic carbocycles. The first kappa shape index (κ1) is 14.3. The molecule has 3 atom stereocenters. The standard InChI is InChI=1S/C15H25N3OS/c1-4-16-12-6-5-7-13-14(12)17-15(20-13)18-8-11(3)19-9-10(18)2/h10-12,16H,4-9H2,1-3H3. The third kappa shape index (κ3) is 2.71. The molecule has 1 fully saturated rings. The Hall–Kier alpha value is -0.650. The number of anilines is 1. The van der Waals surface area contributed by atoms with Crippen molar-refractivity contribution in [3.8, 4) is 0 Å². The number of hydrogen-bond acceptors (Lipinski definition) is 5. The van der Waals surface area contributed by atoms with E-state index in [1.165, 1.54) is 35.0 Å². The van der Waals surface area contributed by atoms with E-state index in [1.807, 2.05) is 11.3 Å². The molecule has 1 aliphatic heterocycles. The van der Waals surface area contributed by atoms with Gasteiger partial charge in [0.05, 0.1) is 30.5 Å². The van der Waals surface area contributed by atoms with E-state index < -0.39 is 0 Å². The maximum atomic E-state index is 5.73. The zero-order valence-electron chi connectivity index (χ0n) is 12.7. The van der Waals surface area contributed by atoms with Gasteiger partial charge >= 0.3 is 0 Å². The predicted molar refractivity (Wildman–Crippen MR) is 83.7 cm³/mol. The average molecular weight is 295 g/mol. The van der Waals surface area contributed by atoms with Crippen LogP contribution < -0.4 is 10.2 Å². The van der Waals surface area contributed by atoms with Gasteiger partial charge in [0.25, 0.3) is 0 Å². The van der Waals surface area contributed by atoms with Crippen LogP contribution in [0.3, 0.4) is 0 Å². The highest BCUT2D eigenvalue weighted by molar-refractivity contribution is 7.15.